The van der Waals surface area contributed by atoms with Gasteiger partial charge in [-0.15, -0.1) is 0 Å². The van der Waals surface area contributed by atoms with Crippen molar-refractivity contribution in [2.45, 2.75) is 6.92 Å². The van der Waals surface area contributed by atoms with Crippen molar-refractivity contribution in [3.05, 3.63) is 47.7 Å². The monoisotopic (exact) mass is 300 g/mol. The van der Waals surface area contributed by atoms with Crippen LogP contribution in [0, 0.1) is 0 Å². The van der Waals surface area contributed by atoms with Gasteiger partial charge in [-0.25, -0.2) is 9.78 Å². The second kappa shape index (κ2) is 6.71. The van der Waals surface area contributed by atoms with Gasteiger partial charge in [-0.3, -0.25) is 4.79 Å². The lowest BCUT2D eigenvalue weighted by molar-refractivity contribution is 0.0692. The Hall–Kier alpha value is -2.89. The first-order chi connectivity index (χ1) is 10.6. The van der Waals surface area contributed by atoms with Gasteiger partial charge in [0.15, 0.2) is 0 Å². The molecule has 0 bridgehead atoms. The number of aromatic nitrogens is 1. The third-order valence-corrected chi connectivity index (χ3v) is 3.07. The Balaban J connectivity index is 2.44. The number of nitrogens with one attached hydrogen (secondary N) is 1. The van der Waals surface area contributed by atoms with E-state index in [2.05, 4.69) is 10.3 Å². The van der Waals surface area contributed by atoms with Crippen molar-refractivity contribution in [3.63, 3.8) is 0 Å². The van der Waals surface area contributed by atoms with Crippen LogP contribution in [0.4, 0.5) is 0 Å². The van der Waals surface area contributed by atoms with Crippen LogP contribution in [0.2, 0.25) is 0 Å². The van der Waals surface area contributed by atoms with Crippen molar-refractivity contribution in [1.82, 2.24) is 10.3 Å². The minimum Gasteiger partial charge on any atom is -0.480 e. The number of aromatic carboxylic acids is 1. The summed E-state index contributed by atoms with van der Waals surface area (Å²) in [5, 5.41) is 11.9. The molecular weight excluding hydrogens is 284 g/mol. The number of hydrogen-bond donors (Lipinski definition) is 2. The predicted octanol–water partition coefficient (Wildman–Crippen LogP) is 2.21. The summed E-state index contributed by atoms with van der Waals surface area (Å²) in [5.41, 5.74) is 1.79. The minimum absolute atomic E-state index is 0.0246. The number of benzene rings is 1. The van der Waals surface area contributed by atoms with Gasteiger partial charge >= 0.3 is 5.97 Å². The van der Waals surface area contributed by atoms with E-state index in [0.717, 1.165) is 0 Å². The topological polar surface area (TPSA) is 88.5 Å². The van der Waals surface area contributed by atoms with Gasteiger partial charge in [-0.1, -0.05) is 12.1 Å². The number of methoxy groups -OCH3 is 1. The summed E-state index contributed by atoms with van der Waals surface area (Å²) in [4.78, 5) is 27.1. The quantitative estimate of drug-likeness (QED) is 0.883. The SMILES string of the molecule is CCNC(=O)c1cccc(-c2cnc(OC)c(C(=O)O)c2)c1. The standard InChI is InChI=1S/C16H16N2O4/c1-3-17-14(19)11-6-4-5-10(7-11)12-8-13(16(20)21)15(22-2)18-9-12/h4-9H,3H2,1-2H3,(H,17,19)(H,20,21). The van der Waals surface area contributed by atoms with Crippen LogP contribution in [0.25, 0.3) is 11.1 Å². The highest BCUT2D eigenvalue weighted by Gasteiger charge is 2.14. The van der Waals surface area contributed by atoms with E-state index >= 15 is 0 Å². The van der Waals surface area contributed by atoms with Gasteiger partial charge in [0, 0.05) is 23.9 Å². The smallest absolute Gasteiger partial charge is 0.341 e. The number of pyridine rings is 1. The molecule has 0 radical (unpaired) electrons. The number of carboxylic acid groups (broad SMARTS) is 1. The third-order valence-electron chi connectivity index (χ3n) is 3.07. The Kier molecular flexibility index (Phi) is 4.73. The number of nitrogens with zero attached hydrogens (tertiary/aromatic N) is 1. The number of carboxylic acids is 1. The normalized spacial score (nSPS) is 10.1. The van der Waals surface area contributed by atoms with Crippen molar-refractivity contribution in [2.24, 2.45) is 0 Å². The van der Waals surface area contributed by atoms with Crippen molar-refractivity contribution < 1.29 is 19.4 Å². The van der Waals surface area contributed by atoms with Gasteiger partial charge in [0.2, 0.25) is 5.88 Å². The lowest BCUT2D eigenvalue weighted by Gasteiger charge is -2.08. The molecule has 0 aliphatic rings. The summed E-state index contributed by atoms with van der Waals surface area (Å²) in [6.45, 7) is 2.38. The number of hydrogen-bond acceptors (Lipinski definition) is 4. The van der Waals surface area contributed by atoms with Gasteiger partial charge in [0.05, 0.1) is 7.11 Å². The zero-order chi connectivity index (χ0) is 16.1. The van der Waals surface area contributed by atoms with Crippen LogP contribution in [0.1, 0.15) is 27.6 Å². The summed E-state index contributed by atoms with van der Waals surface area (Å²) in [5.74, 6) is -1.24. The van der Waals surface area contributed by atoms with Crippen LogP contribution in [-0.2, 0) is 0 Å². The zero-order valence-corrected chi connectivity index (χ0v) is 12.3. The van der Waals surface area contributed by atoms with Crippen molar-refractivity contribution in [2.75, 3.05) is 13.7 Å². The maximum Gasteiger partial charge on any atom is 0.341 e. The summed E-state index contributed by atoms with van der Waals surface area (Å²) in [6, 6.07) is 8.40. The molecule has 0 atom stereocenters. The summed E-state index contributed by atoms with van der Waals surface area (Å²) in [7, 11) is 1.37. The molecule has 0 saturated carbocycles. The fourth-order valence-electron chi connectivity index (χ4n) is 2.03. The molecule has 6 nitrogen and oxygen atoms in total. The first kappa shape index (κ1) is 15.5. The number of ether oxygens (including phenoxy) is 1. The van der Waals surface area contributed by atoms with Gasteiger partial charge in [-0.2, -0.15) is 0 Å². The summed E-state index contributed by atoms with van der Waals surface area (Å²) in [6.07, 6.45) is 1.52. The molecule has 0 fully saturated rings. The van der Waals surface area contributed by atoms with Crippen LogP contribution in [0.15, 0.2) is 36.5 Å². The third kappa shape index (κ3) is 3.22. The average molecular weight is 300 g/mol. The largest absolute Gasteiger partial charge is 0.480 e. The van der Waals surface area contributed by atoms with Crippen LogP contribution in [-0.4, -0.2) is 35.6 Å². The Bertz CT molecular complexity index is 713. The van der Waals surface area contributed by atoms with Gasteiger partial charge < -0.3 is 15.2 Å². The Morgan fingerprint density at radius 1 is 1.27 bits per heavy atom. The Morgan fingerprint density at radius 3 is 2.68 bits per heavy atom. The van der Waals surface area contributed by atoms with Crippen LogP contribution >= 0.6 is 0 Å². The first-order valence-electron chi connectivity index (χ1n) is 6.72. The van der Waals surface area contributed by atoms with Gasteiger partial charge in [0.25, 0.3) is 5.91 Å². The number of amides is 1. The summed E-state index contributed by atoms with van der Waals surface area (Å²) >= 11 is 0. The zero-order valence-electron chi connectivity index (χ0n) is 12.3. The van der Waals surface area contributed by atoms with E-state index in [4.69, 9.17) is 4.74 Å². The highest BCUT2D eigenvalue weighted by molar-refractivity contribution is 5.96. The molecule has 2 aromatic rings. The second-order valence-corrected chi connectivity index (χ2v) is 4.53. The molecule has 2 rings (SSSR count). The average Bonchev–Trinajstić information content (AvgIpc) is 2.54. The lowest BCUT2D eigenvalue weighted by Crippen LogP contribution is -2.22. The highest BCUT2D eigenvalue weighted by atomic mass is 16.5. The molecule has 0 unspecified atom stereocenters. The molecule has 114 valence electrons. The fraction of sp³-hybridized carbons (Fsp3) is 0.188. The summed E-state index contributed by atoms with van der Waals surface area (Å²) < 4.78 is 4.94. The fourth-order valence-corrected chi connectivity index (χ4v) is 2.03. The van der Waals surface area contributed by atoms with E-state index in [1.807, 2.05) is 6.92 Å². The molecule has 1 heterocycles. The van der Waals surface area contributed by atoms with Crippen LogP contribution < -0.4 is 10.1 Å². The van der Waals surface area contributed by atoms with Crippen molar-refractivity contribution >= 4 is 11.9 Å². The highest BCUT2D eigenvalue weighted by Crippen LogP contribution is 2.25. The molecule has 6 heteroatoms. The minimum atomic E-state index is -1.12. The van der Waals surface area contributed by atoms with Gasteiger partial charge in [0.1, 0.15) is 5.56 Å². The number of carbonyl (C=O) groups excluding carboxylic acids is 1. The maximum atomic E-state index is 11.9. The molecule has 1 aromatic heterocycles. The van der Waals surface area contributed by atoms with E-state index in [1.165, 1.54) is 19.4 Å². The molecule has 0 aliphatic heterocycles. The van der Waals surface area contributed by atoms with E-state index in [0.29, 0.717) is 23.2 Å². The predicted molar refractivity (Wildman–Crippen MR) is 81.2 cm³/mol. The molecule has 2 N–H and O–H groups in total. The first-order valence-corrected chi connectivity index (χ1v) is 6.72. The lowest BCUT2D eigenvalue weighted by atomic mass is 10.0. The van der Waals surface area contributed by atoms with Crippen molar-refractivity contribution in [3.8, 4) is 17.0 Å². The molecule has 0 saturated heterocycles. The van der Waals surface area contributed by atoms with Crippen LogP contribution in [0.3, 0.4) is 0 Å². The molecule has 1 aromatic carbocycles. The molecule has 0 aliphatic carbocycles. The van der Waals surface area contributed by atoms with Crippen molar-refractivity contribution in [1.29, 1.82) is 0 Å². The second-order valence-electron chi connectivity index (χ2n) is 4.53. The van der Waals surface area contributed by atoms with E-state index in [1.54, 1.807) is 24.3 Å². The molecule has 1 amide bonds. The molecular formula is C16H16N2O4. The van der Waals surface area contributed by atoms with Gasteiger partial charge in [-0.05, 0) is 30.7 Å². The maximum absolute atomic E-state index is 11.9. The Labute approximate surface area is 127 Å². The number of carbonyl (C=O) groups is 2. The molecule has 22 heavy (non-hydrogen) atoms. The van der Waals surface area contributed by atoms with E-state index < -0.39 is 5.97 Å². The van der Waals surface area contributed by atoms with Crippen LogP contribution in [0.5, 0.6) is 5.88 Å². The van der Waals surface area contributed by atoms with E-state index in [-0.39, 0.29) is 17.4 Å². The number of rotatable bonds is 5. The Morgan fingerprint density at radius 2 is 2.05 bits per heavy atom. The molecule has 0 spiro atoms. The van der Waals surface area contributed by atoms with E-state index in [9.17, 15) is 14.7 Å².